The molecular formula is C17H30N2OS. The van der Waals surface area contributed by atoms with Gasteiger partial charge in [0, 0.05) is 11.3 Å². The van der Waals surface area contributed by atoms with E-state index in [-0.39, 0.29) is 11.7 Å². The Kier molecular flexibility index (Phi) is 4.56. The fourth-order valence-electron chi connectivity index (χ4n) is 4.59. The van der Waals surface area contributed by atoms with Crippen LogP contribution in [0.15, 0.2) is 0 Å². The van der Waals surface area contributed by atoms with Crippen LogP contribution < -0.4 is 5.32 Å². The van der Waals surface area contributed by atoms with E-state index in [1.54, 1.807) is 0 Å². The summed E-state index contributed by atoms with van der Waals surface area (Å²) in [6.45, 7) is 4.50. The van der Waals surface area contributed by atoms with Crippen molar-refractivity contribution in [2.75, 3.05) is 6.26 Å². The second-order valence-electron chi connectivity index (χ2n) is 7.51. The molecule has 1 aliphatic heterocycles. The highest BCUT2D eigenvalue weighted by Gasteiger charge is 2.54. The minimum atomic E-state index is -0.207. The zero-order valence-corrected chi connectivity index (χ0v) is 14.5. The Bertz CT molecular complexity index is 392. The van der Waals surface area contributed by atoms with Crippen molar-refractivity contribution >= 4 is 17.7 Å². The summed E-state index contributed by atoms with van der Waals surface area (Å²) >= 11 is 1.98. The molecule has 3 atom stereocenters. The molecule has 3 unspecified atom stereocenters. The molecule has 2 saturated carbocycles. The predicted molar refractivity (Wildman–Crippen MR) is 89.4 cm³/mol. The molecule has 3 rings (SSSR count). The van der Waals surface area contributed by atoms with E-state index < -0.39 is 0 Å². The summed E-state index contributed by atoms with van der Waals surface area (Å²) in [5.41, 5.74) is -0.207. The van der Waals surface area contributed by atoms with Crippen molar-refractivity contribution in [2.24, 2.45) is 5.92 Å². The number of hydrogen-bond acceptors (Lipinski definition) is 3. The Morgan fingerprint density at radius 1 is 1.24 bits per heavy atom. The fourth-order valence-corrected chi connectivity index (χ4v) is 5.41. The van der Waals surface area contributed by atoms with Crippen LogP contribution in [0.4, 0.5) is 0 Å². The van der Waals surface area contributed by atoms with Crippen molar-refractivity contribution in [3.8, 4) is 0 Å². The lowest BCUT2D eigenvalue weighted by atomic mass is 9.91. The average Bonchev–Trinajstić information content (AvgIpc) is 3.06. The maximum Gasteiger partial charge on any atom is 0.244 e. The van der Waals surface area contributed by atoms with Crippen molar-refractivity contribution in [1.29, 1.82) is 0 Å². The Morgan fingerprint density at radius 2 is 1.95 bits per heavy atom. The van der Waals surface area contributed by atoms with Crippen molar-refractivity contribution in [1.82, 2.24) is 10.2 Å². The summed E-state index contributed by atoms with van der Waals surface area (Å²) in [6.07, 6.45) is 12.0. The molecule has 0 radical (unpaired) electrons. The van der Waals surface area contributed by atoms with Crippen molar-refractivity contribution in [3.63, 3.8) is 0 Å². The van der Waals surface area contributed by atoms with Gasteiger partial charge in [-0.25, -0.2) is 0 Å². The average molecular weight is 311 g/mol. The SMILES string of the molecule is CSC1CCCC(N2C(=O)C3(CCCC3)NC2C(C)C)C1. The highest BCUT2D eigenvalue weighted by molar-refractivity contribution is 7.99. The predicted octanol–water partition coefficient (Wildman–Crippen LogP) is 3.39. The molecule has 3 fully saturated rings. The van der Waals surface area contributed by atoms with Gasteiger partial charge in [-0.1, -0.05) is 33.1 Å². The Hall–Kier alpha value is -0.220. The van der Waals surface area contributed by atoms with Crippen LogP contribution in [0.25, 0.3) is 0 Å². The van der Waals surface area contributed by atoms with Crippen LogP contribution in [0.1, 0.15) is 65.2 Å². The van der Waals surface area contributed by atoms with Gasteiger partial charge in [-0.2, -0.15) is 11.8 Å². The minimum Gasteiger partial charge on any atom is -0.322 e. The first-order chi connectivity index (χ1) is 10.1. The molecule has 2 aliphatic carbocycles. The quantitative estimate of drug-likeness (QED) is 0.867. The third-order valence-corrected chi connectivity index (χ3v) is 6.88. The number of hydrogen-bond donors (Lipinski definition) is 1. The van der Waals surface area contributed by atoms with Gasteiger partial charge in [-0.3, -0.25) is 10.1 Å². The molecule has 1 amide bonds. The van der Waals surface area contributed by atoms with E-state index in [9.17, 15) is 4.79 Å². The molecule has 0 bridgehead atoms. The lowest BCUT2D eigenvalue weighted by molar-refractivity contribution is -0.136. The lowest BCUT2D eigenvalue weighted by Gasteiger charge is -2.39. The number of rotatable bonds is 3. The number of carbonyl (C=O) groups excluding carboxylic acids is 1. The van der Waals surface area contributed by atoms with E-state index in [0.29, 0.717) is 17.9 Å². The third kappa shape index (κ3) is 2.74. The van der Waals surface area contributed by atoms with Crippen LogP contribution >= 0.6 is 11.8 Å². The fraction of sp³-hybridized carbons (Fsp3) is 0.941. The summed E-state index contributed by atoms with van der Waals surface area (Å²) in [4.78, 5) is 15.5. The summed E-state index contributed by atoms with van der Waals surface area (Å²) in [5, 5.41) is 4.51. The zero-order valence-electron chi connectivity index (χ0n) is 13.7. The van der Waals surface area contributed by atoms with Crippen LogP contribution in [-0.2, 0) is 4.79 Å². The van der Waals surface area contributed by atoms with Gasteiger partial charge in [-0.15, -0.1) is 0 Å². The summed E-state index contributed by atoms with van der Waals surface area (Å²) in [6, 6.07) is 0.462. The Labute approximate surface area is 133 Å². The van der Waals surface area contributed by atoms with Crippen LogP contribution in [0, 0.1) is 5.92 Å². The summed E-state index contributed by atoms with van der Waals surface area (Å²) in [7, 11) is 0. The first-order valence-electron chi connectivity index (χ1n) is 8.70. The maximum absolute atomic E-state index is 13.2. The monoisotopic (exact) mass is 310 g/mol. The van der Waals surface area contributed by atoms with Crippen molar-refractivity contribution in [3.05, 3.63) is 0 Å². The first-order valence-corrected chi connectivity index (χ1v) is 9.99. The second kappa shape index (κ2) is 6.11. The number of thioether (sulfide) groups is 1. The standard InChI is InChI=1S/C17H30N2OS/c1-12(2)15-18-17(9-4-5-10-17)16(20)19(15)13-7-6-8-14(11-13)21-3/h12-15,18H,4-11H2,1-3H3. The number of amides is 1. The van der Waals surface area contributed by atoms with Gasteiger partial charge in [-0.05, 0) is 44.3 Å². The number of carbonyl (C=O) groups is 1. The third-order valence-electron chi connectivity index (χ3n) is 5.78. The summed E-state index contributed by atoms with van der Waals surface area (Å²) in [5.74, 6) is 0.911. The molecule has 1 N–H and O–H groups in total. The topological polar surface area (TPSA) is 32.3 Å². The van der Waals surface area contributed by atoms with Gasteiger partial charge in [0.1, 0.15) is 0 Å². The van der Waals surface area contributed by atoms with Crippen LogP contribution in [0.3, 0.4) is 0 Å². The largest absolute Gasteiger partial charge is 0.322 e. The Morgan fingerprint density at radius 3 is 2.57 bits per heavy atom. The minimum absolute atomic E-state index is 0.207. The van der Waals surface area contributed by atoms with Gasteiger partial charge in [0.15, 0.2) is 0 Å². The zero-order chi connectivity index (χ0) is 15.0. The number of nitrogens with zero attached hydrogens (tertiary/aromatic N) is 1. The van der Waals surface area contributed by atoms with Crippen molar-refractivity contribution in [2.45, 2.75) is 88.2 Å². The van der Waals surface area contributed by atoms with Crippen LogP contribution in [0.2, 0.25) is 0 Å². The molecule has 1 spiro atoms. The molecule has 0 aromatic rings. The molecule has 1 saturated heterocycles. The van der Waals surface area contributed by atoms with Gasteiger partial charge < -0.3 is 4.90 Å². The van der Waals surface area contributed by atoms with Gasteiger partial charge in [0.25, 0.3) is 0 Å². The molecule has 120 valence electrons. The highest BCUT2D eigenvalue weighted by atomic mass is 32.2. The molecule has 21 heavy (non-hydrogen) atoms. The maximum atomic E-state index is 13.2. The van der Waals surface area contributed by atoms with Gasteiger partial charge in [0.05, 0.1) is 11.7 Å². The number of nitrogens with one attached hydrogen (secondary N) is 1. The molecular weight excluding hydrogens is 280 g/mol. The molecule has 0 aromatic heterocycles. The van der Waals surface area contributed by atoms with E-state index >= 15 is 0 Å². The molecule has 3 aliphatic rings. The lowest BCUT2D eigenvalue weighted by Crippen LogP contribution is -2.49. The van der Waals surface area contributed by atoms with Gasteiger partial charge in [0.2, 0.25) is 5.91 Å². The first kappa shape index (κ1) is 15.7. The second-order valence-corrected chi connectivity index (χ2v) is 8.65. The highest BCUT2D eigenvalue weighted by Crippen LogP contribution is 2.41. The van der Waals surface area contributed by atoms with E-state index in [4.69, 9.17) is 0 Å². The molecule has 1 heterocycles. The van der Waals surface area contributed by atoms with Gasteiger partial charge >= 0.3 is 0 Å². The van der Waals surface area contributed by atoms with E-state index in [0.717, 1.165) is 18.1 Å². The Balaban J connectivity index is 1.82. The molecule has 3 nitrogen and oxygen atoms in total. The molecule has 0 aromatic carbocycles. The van der Waals surface area contributed by atoms with E-state index in [2.05, 4.69) is 30.3 Å². The molecule has 4 heteroatoms. The van der Waals surface area contributed by atoms with Crippen molar-refractivity contribution < 1.29 is 4.79 Å². The normalized spacial score (nSPS) is 36.1. The van der Waals surface area contributed by atoms with E-state index in [1.165, 1.54) is 38.5 Å². The van der Waals surface area contributed by atoms with E-state index in [1.807, 2.05) is 11.8 Å². The summed E-state index contributed by atoms with van der Waals surface area (Å²) < 4.78 is 0. The van der Waals surface area contributed by atoms with Crippen LogP contribution in [-0.4, -0.2) is 40.1 Å². The smallest absolute Gasteiger partial charge is 0.244 e. The van der Waals surface area contributed by atoms with Crippen LogP contribution in [0.5, 0.6) is 0 Å².